The number of morpholine rings is 1. The number of thioether (sulfide) groups is 1. The predicted molar refractivity (Wildman–Crippen MR) is 158 cm³/mol. The van der Waals surface area contributed by atoms with Gasteiger partial charge < -0.3 is 34.7 Å². The number of aryl methyl sites for hydroxylation is 1. The van der Waals surface area contributed by atoms with Crippen LogP contribution in [0.5, 0.6) is 11.5 Å². The Kier molecular flexibility index (Phi) is 8.18. The molecule has 0 aliphatic carbocycles. The number of rotatable bonds is 7. The summed E-state index contributed by atoms with van der Waals surface area (Å²) in [4.78, 5) is 36.7. The summed E-state index contributed by atoms with van der Waals surface area (Å²) in [6.07, 6.45) is 5.25. The van der Waals surface area contributed by atoms with Gasteiger partial charge in [-0.3, -0.25) is 9.59 Å². The molecule has 0 spiro atoms. The van der Waals surface area contributed by atoms with Crippen LogP contribution in [-0.4, -0.2) is 67.8 Å². The molecule has 1 unspecified atom stereocenters. The Hall–Kier alpha value is -3.54. The minimum Gasteiger partial charge on any atom is -0.451 e. The van der Waals surface area contributed by atoms with Gasteiger partial charge in [-0.25, -0.2) is 4.98 Å². The molecule has 1 atom stereocenters. The maximum Gasteiger partial charge on any atom is 0.254 e. The Morgan fingerprint density at radius 2 is 1.95 bits per heavy atom. The number of ether oxygens (including phenoxy) is 3. The van der Waals surface area contributed by atoms with Crippen LogP contribution >= 0.6 is 11.8 Å². The molecule has 41 heavy (non-hydrogen) atoms. The molecule has 3 N–H and O–H groups in total. The molecular formula is C30H35N5O5S. The number of hydrogen-bond acceptors (Lipinski definition) is 9. The molecule has 2 fully saturated rings. The maximum atomic E-state index is 13.5. The molecule has 3 aromatic rings. The van der Waals surface area contributed by atoms with Crippen LogP contribution in [0.3, 0.4) is 0 Å². The standard InChI is InChI=1S/C30H35N5O5S/c1-18-13-25(41-2)23(29(37)34-18)17-33-28(36)21-14-22(20-3-4-26(32-16-20)35-9-11-38-12-10-35)27-24(15-21)39-30(40-27)19-5-7-31-8-6-19/h3-4,13-16,19,30-31H,5-12,17H2,1-2H3,(H,33,36)(H,34,37). The van der Waals surface area contributed by atoms with Crippen molar-refractivity contribution in [1.29, 1.82) is 0 Å². The number of hydrogen-bond donors (Lipinski definition) is 3. The molecule has 2 aromatic heterocycles. The number of fused-ring (bicyclic) bond motifs is 1. The molecule has 1 amide bonds. The fourth-order valence-corrected chi connectivity index (χ4v) is 6.27. The summed E-state index contributed by atoms with van der Waals surface area (Å²) in [7, 11) is 0. The molecule has 6 rings (SSSR count). The van der Waals surface area contributed by atoms with Crippen LogP contribution in [0.1, 0.15) is 34.5 Å². The number of carbonyl (C=O) groups is 1. The highest BCUT2D eigenvalue weighted by molar-refractivity contribution is 7.98. The lowest BCUT2D eigenvalue weighted by molar-refractivity contribution is -0.0147. The van der Waals surface area contributed by atoms with Gasteiger partial charge in [-0.15, -0.1) is 11.8 Å². The minimum absolute atomic E-state index is 0.113. The third-order valence-corrected chi connectivity index (χ3v) is 8.64. The van der Waals surface area contributed by atoms with E-state index in [2.05, 4.69) is 20.5 Å². The zero-order valence-electron chi connectivity index (χ0n) is 23.3. The van der Waals surface area contributed by atoms with Crippen LogP contribution in [-0.2, 0) is 11.3 Å². The van der Waals surface area contributed by atoms with Gasteiger partial charge in [-0.05, 0) is 69.4 Å². The number of aromatic amines is 1. The van der Waals surface area contributed by atoms with Crippen LogP contribution in [0.4, 0.5) is 5.82 Å². The molecule has 3 aliphatic heterocycles. The predicted octanol–water partition coefficient (Wildman–Crippen LogP) is 3.33. The second kappa shape index (κ2) is 12.1. The van der Waals surface area contributed by atoms with E-state index >= 15 is 0 Å². The molecule has 0 radical (unpaired) electrons. The number of pyridine rings is 2. The Morgan fingerprint density at radius 3 is 2.68 bits per heavy atom. The number of anilines is 1. The summed E-state index contributed by atoms with van der Waals surface area (Å²) in [5.74, 6) is 2.03. The summed E-state index contributed by atoms with van der Waals surface area (Å²) in [6, 6.07) is 9.48. The number of aromatic nitrogens is 2. The van der Waals surface area contributed by atoms with E-state index in [4.69, 9.17) is 19.2 Å². The third kappa shape index (κ3) is 5.93. The lowest BCUT2D eigenvalue weighted by Crippen LogP contribution is -2.37. The van der Waals surface area contributed by atoms with E-state index in [0.29, 0.717) is 35.8 Å². The number of nitrogens with zero attached hydrogens (tertiary/aromatic N) is 2. The fourth-order valence-electron chi connectivity index (χ4n) is 5.56. The lowest BCUT2D eigenvalue weighted by atomic mass is 9.98. The smallest absolute Gasteiger partial charge is 0.254 e. The Balaban J connectivity index is 1.29. The van der Waals surface area contributed by atoms with E-state index in [9.17, 15) is 9.59 Å². The number of amides is 1. The number of H-pyrrole nitrogens is 1. The van der Waals surface area contributed by atoms with Crippen molar-refractivity contribution in [3.8, 4) is 22.6 Å². The average Bonchev–Trinajstić information content (AvgIpc) is 3.45. The second-order valence-corrected chi connectivity index (χ2v) is 11.4. The van der Waals surface area contributed by atoms with Gasteiger partial charge in [0, 0.05) is 64.6 Å². The van der Waals surface area contributed by atoms with E-state index < -0.39 is 6.29 Å². The number of nitrogens with one attached hydrogen (secondary N) is 3. The Bertz CT molecular complexity index is 1470. The highest BCUT2D eigenvalue weighted by atomic mass is 32.2. The van der Waals surface area contributed by atoms with Crippen molar-refractivity contribution in [3.05, 3.63) is 63.7 Å². The molecule has 10 nitrogen and oxygen atoms in total. The number of carbonyl (C=O) groups excluding carboxylic acids is 1. The Morgan fingerprint density at radius 1 is 1.15 bits per heavy atom. The van der Waals surface area contributed by atoms with Crippen LogP contribution in [0.25, 0.3) is 11.1 Å². The van der Waals surface area contributed by atoms with Crippen LogP contribution < -0.4 is 30.6 Å². The molecule has 2 saturated heterocycles. The van der Waals surface area contributed by atoms with Gasteiger partial charge in [0.2, 0.25) is 6.29 Å². The first kappa shape index (κ1) is 27.6. The summed E-state index contributed by atoms with van der Waals surface area (Å²) in [6.45, 7) is 6.78. The van der Waals surface area contributed by atoms with E-state index in [0.717, 1.165) is 66.6 Å². The minimum atomic E-state index is -0.403. The molecule has 11 heteroatoms. The SMILES string of the molecule is CSc1cc(C)[nH]c(=O)c1CNC(=O)c1cc2c(c(-c3ccc(N4CCOCC4)nc3)c1)OC(C1CCNCC1)O2. The van der Waals surface area contributed by atoms with E-state index in [1.807, 2.05) is 43.6 Å². The van der Waals surface area contributed by atoms with Gasteiger partial charge in [0.15, 0.2) is 11.5 Å². The quantitative estimate of drug-likeness (QED) is 0.364. The maximum absolute atomic E-state index is 13.5. The molecule has 0 bridgehead atoms. The van der Waals surface area contributed by atoms with E-state index in [1.54, 1.807) is 6.07 Å². The van der Waals surface area contributed by atoms with Crippen LogP contribution in [0.2, 0.25) is 0 Å². The summed E-state index contributed by atoms with van der Waals surface area (Å²) >= 11 is 1.48. The van der Waals surface area contributed by atoms with Crippen molar-refractivity contribution < 1.29 is 19.0 Å². The molecule has 1 aromatic carbocycles. The van der Waals surface area contributed by atoms with Crippen LogP contribution in [0.15, 0.2) is 46.2 Å². The number of benzene rings is 1. The first-order chi connectivity index (χ1) is 20.0. The topological polar surface area (TPSA) is 118 Å². The molecular weight excluding hydrogens is 542 g/mol. The van der Waals surface area contributed by atoms with Crippen molar-refractivity contribution in [2.45, 2.75) is 37.5 Å². The summed E-state index contributed by atoms with van der Waals surface area (Å²) in [5, 5.41) is 6.32. The highest BCUT2D eigenvalue weighted by Gasteiger charge is 2.35. The molecule has 0 saturated carbocycles. The lowest BCUT2D eigenvalue weighted by Gasteiger charge is -2.27. The summed E-state index contributed by atoms with van der Waals surface area (Å²) < 4.78 is 18.2. The van der Waals surface area contributed by atoms with Crippen molar-refractivity contribution in [2.75, 3.05) is 50.5 Å². The average molecular weight is 578 g/mol. The molecule has 216 valence electrons. The first-order valence-corrected chi connectivity index (χ1v) is 15.3. The van der Waals surface area contributed by atoms with Crippen molar-refractivity contribution in [1.82, 2.24) is 20.6 Å². The van der Waals surface area contributed by atoms with Gasteiger partial charge in [0.25, 0.3) is 11.5 Å². The van der Waals surface area contributed by atoms with Gasteiger partial charge in [0.1, 0.15) is 5.82 Å². The Labute approximate surface area is 243 Å². The van der Waals surface area contributed by atoms with Gasteiger partial charge in [0.05, 0.1) is 13.2 Å². The first-order valence-electron chi connectivity index (χ1n) is 14.1. The third-order valence-electron chi connectivity index (χ3n) is 7.83. The van der Waals surface area contributed by atoms with Gasteiger partial charge in [-0.1, -0.05) is 0 Å². The van der Waals surface area contributed by atoms with E-state index in [-0.39, 0.29) is 23.9 Å². The molecule has 3 aliphatic rings. The normalized spacial score (nSPS) is 18.9. The van der Waals surface area contributed by atoms with Crippen molar-refractivity contribution in [2.24, 2.45) is 5.92 Å². The van der Waals surface area contributed by atoms with E-state index in [1.165, 1.54) is 11.8 Å². The van der Waals surface area contributed by atoms with Gasteiger partial charge in [-0.2, -0.15) is 0 Å². The molecule has 5 heterocycles. The van der Waals surface area contributed by atoms with Gasteiger partial charge >= 0.3 is 0 Å². The number of piperidine rings is 1. The highest BCUT2D eigenvalue weighted by Crippen LogP contribution is 2.46. The van der Waals surface area contributed by atoms with Crippen LogP contribution in [0, 0.1) is 12.8 Å². The summed E-state index contributed by atoms with van der Waals surface area (Å²) in [5.41, 5.74) is 3.14. The zero-order valence-corrected chi connectivity index (χ0v) is 24.1. The monoisotopic (exact) mass is 577 g/mol. The van der Waals surface area contributed by atoms with Crippen molar-refractivity contribution in [3.63, 3.8) is 0 Å². The second-order valence-electron chi connectivity index (χ2n) is 10.6. The van der Waals surface area contributed by atoms with Crippen molar-refractivity contribution >= 4 is 23.5 Å². The fraction of sp³-hybridized carbons (Fsp3) is 0.433. The zero-order chi connectivity index (χ0) is 28.3. The largest absolute Gasteiger partial charge is 0.451 e.